The van der Waals surface area contributed by atoms with Crippen LogP contribution in [0.15, 0.2) is 53.6 Å². The highest BCUT2D eigenvalue weighted by Gasteiger charge is 2.04. The summed E-state index contributed by atoms with van der Waals surface area (Å²) >= 11 is 1.33. The number of phenols is 1. The highest BCUT2D eigenvalue weighted by Crippen LogP contribution is 2.30. The number of hydrazone groups is 1. The Morgan fingerprint density at radius 3 is 2.83 bits per heavy atom. The second-order valence-corrected chi connectivity index (χ2v) is 5.31. The Morgan fingerprint density at radius 1 is 1.26 bits per heavy atom. The molecule has 0 bridgehead atoms. The lowest BCUT2D eigenvalue weighted by Gasteiger charge is -2.07. The number of rotatable bonds is 6. The zero-order valence-corrected chi connectivity index (χ0v) is 13.6. The first-order valence-corrected chi connectivity index (χ1v) is 8.09. The van der Waals surface area contributed by atoms with E-state index < -0.39 is 0 Å². The molecule has 0 heterocycles. The van der Waals surface area contributed by atoms with Crippen LogP contribution in [0.3, 0.4) is 0 Å². The van der Waals surface area contributed by atoms with Crippen molar-refractivity contribution < 1.29 is 9.84 Å². The third-order valence-corrected chi connectivity index (χ3v) is 3.29. The Labute approximate surface area is 139 Å². The number of ether oxygens (including phenoxy) is 1. The van der Waals surface area contributed by atoms with Crippen LogP contribution in [0.5, 0.6) is 17.2 Å². The summed E-state index contributed by atoms with van der Waals surface area (Å²) in [4.78, 5) is 0. The molecule has 0 atom stereocenters. The second kappa shape index (κ2) is 9.48. The topological polar surface area (TPSA) is 65.9 Å². The van der Waals surface area contributed by atoms with Gasteiger partial charge in [-0.2, -0.15) is 5.10 Å². The highest BCUT2D eigenvalue weighted by molar-refractivity contribution is 7.86. The maximum absolute atomic E-state index is 10.0. The first-order valence-electron chi connectivity index (χ1n) is 7.27. The van der Waals surface area contributed by atoms with Gasteiger partial charge in [0.05, 0.1) is 11.5 Å². The number of aromatic hydroxyl groups is 1. The highest BCUT2D eigenvalue weighted by atomic mass is 32.1. The van der Waals surface area contributed by atoms with Gasteiger partial charge in [-0.3, -0.25) is 0 Å². The Hall–Kier alpha value is -2.53. The Balaban J connectivity index is 1.92. The maximum Gasteiger partial charge on any atom is 0.169 e. The fraction of sp³-hybridized carbons (Fsp3) is 0.176. The summed E-state index contributed by atoms with van der Waals surface area (Å²) < 4.78 is 8.70. The van der Waals surface area contributed by atoms with Crippen LogP contribution in [0.1, 0.15) is 18.9 Å². The third kappa shape index (κ3) is 6.00. The molecular weight excluding hydrogens is 310 g/mol. The first-order chi connectivity index (χ1) is 11.3. The maximum atomic E-state index is 10.0. The number of phenolic OH excluding ortho intramolecular Hbond substituents is 1. The molecule has 0 aliphatic carbocycles. The van der Waals surface area contributed by atoms with Crippen LogP contribution in [0.2, 0.25) is 0 Å². The van der Waals surface area contributed by atoms with Gasteiger partial charge in [-0.15, -0.1) is 0 Å². The predicted octanol–water partition coefficient (Wildman–Crippen LogP) is 3.67. The summed E-state index contributed by atoms with van der Waals surface area (Å²) in [6.45, 7) is 3.01. The van der Waals surface area contributed by atoms with E-state index in [2.05, 4.69) is 27.5 Å². The van der Waals surface area contributed by atoms with E-state index in [0.717, 1.165) is 18.5 Å². The lowest BCUT2D eigenvalue weighted by molar-refractivity contribution is 0.411. The lowest BCUT2D eigenvalue weighted by Crippen LogP contribution is -2.01. The molecule has 6 heteroatoms. The van der Waals surface area contributed by atoms with E-state index >= 15 is 0 Å². The molecule has 0 aliphatic heterocycles. The molecule has 3 N–H and O–H groups in total. The number of hydrogen-bond acceptors (Lipinski definition) is 5. The largest absolute Gasteiger partial charge is 0.504 e. The Morgan fingerprint density at radius 2 is 2.09 bits per heavy atom. The standard InChI is InChI=1S/C17H19N3O2S/c1-2-10-20-23-13-19-18-12-14-8-9-17(16(21)11-14)22-15-6-4-3-5-7-15/h3-9,11-12,19-21H,2,10H2,1H3/b18-12+. The van der Waals surface area contributed by atoms with Gasteiger partial charge in [-0.05, 0) is 53.7 Å². The van der Waals surface area contributed by atoms with Crippen LogP contribution in [0.4, 0.5) is 0 Å². The van der Waals surface area contributed by atoms with Gasteiger partial charge in [0.2, 0.25) is 0 Å². The van der Waals surface area contributed by atoms with Crippen molar-refractivity contribution in [3.63, 3.8) is 0 Å². The molecular formula is C17H19N3O2S. The van der Waals surface area contributed by atoms with Gasteiger partial charge < -0.3 is 9.84 Å². The normalized spacial score (nSPS) is 10.3. The smallest absolute Gasteiger partial charge is 0.169 e. The third-order valence-electron chi connectivity index (χ3n) is 2.75. The van der Waals surface area contributed by atoms with E-state index in [1.165, 1.54) is 11.4 Å². The molecule has 0 amide bonds. The number of nitrogens with one attached hydrogen (secondary N) is 2. The van der Waals surface area contributed by atoms with E-state index in [-0.39, 0.29) is 5.75 Å². The van der Waals surface area contributed by atoms with Crippen LogP contribution in [-0.4, -0.2) is 17.9 Å². The minimum Gasteiger partial charge on any atom is -0.504 e. The second-order valence-electron chi connectivity index (χ2n) is 4.61. The molecule has 0 spiro atoms. The SMILES string of the molecule is CCCNS#CN/N=C/c1ccc(Oc2ccccc2)c(O)c1. The van der Waals surface area contributed by atoms with Gasteiger partial charge in [0.15, 0.2) is 11.5 Å². The molecule has 0 fully saturated rings. The van der Waals surface area contributed by atoms with Gasteiger partial charge >= 0.3 is 0 Å². The zero-order chi connectivity index (χ0) is 16.3. The monoisotopic (exact) mass is 329 g/mol. The minimum atomic E-state index is 0.0600. The summed E-state index contributed by atoms with van der Waals surface area (Å²) in [7, 11) is 0. The van der Waals surface area contributed by atoms with E-state index in [1.54, 1.807) is 18.3 Å². The molecule has 0 aromatic heterocycles. The summed E-state index contributed by atoms with van der Waals surface area (Å²) in [6, 6.07) is 14.4. The number of nitrogens with zero attached hydrogens (tertiary/aromatic N) is 1. The summed E-state index contributed by atoms with van der Waals surface area (Å²) in [5, 5.41) is 16.8. The lowest BCUT2D eigenvalue weighted by atomic mass is 10.2. The molecule has 0 saturated carbocycles. The molecule has 2 aromatic carbocycles. The molecule has 0 aliphatic rings. The quantitative estimate of drug-likeness (QED) is 0.249. The molecule has 5 nitrogen and oxygen atoms in total. The molecule has 2 rings (SSSR count). The van der Waals surface area contributed by atoms with Gasteiger partial charge in [0.1, 0.15) is 5.75 Å². The Bertz CT molecular complexity index is 709. The van der Waals surface area contributed by atoms with Gasteiger partial charge in [0.25, 0.3) is 0 Å². The van der Waals surface area contributed by atoms with Crippen molar-refractivity contribution in [1.82, 2.24) is 10.1 Å². The van der Waals surface area contributed by atoms with Crippen molar-refractivity contribution >= 4 is 17.6 Å². The van der Waals surface area contributed by atoms with Gasteiger partial charge in [-0.1, -0.05) is 25.1 Å². The van der Waals surface area contributed by atoms with Crippen molar-refractivity contribution in [2.24, 2.45) is 5.10 Å². The van der Waals surface area contributed by atoms with Crippen molar-refractivity contribution in [1.29, 1.82) is 0 Å². The van der Waals surface area contributed by atoms with E-state index in [4.69, 9.17) is 4.74 Å². The molecule has 23 heavy (non-hydrogen) atoms. The minimum absolute atomic E-state index is 0.0600. The molecule has 120 valence electrons. The number of hydrogen-bond donors (Lipinski definition) is 3. The van der Waals surface area contributed by atoms with Crippen LogP contribution in [0, 0.1) is 5.31 Å². The van der Waals surface area contributed by atoms with Crippen LogP contribution < -0.4 is 14.9 Å². The zero-order valence-electron chi connectivity index (χ0n) is 12.8. The van der Waals surface area contributed by atoms with Crippen molar-refractivity contribution in [2.45, 2.75) is 13.3 Å². The first kappa shape index (κ1) is 16.8. The van der Waals surface area contributed by atoms with Crippen molar-refractivity contribution in [3.05, 3.63) is 54.1 Å². The molecule has 2 aromatic rings. The van der Waals surface area contributed by atoms with E-state index in [0.29, 0.717) is 11.5 Å². The summed E-state index contributed by atoms with van der Waals surface area (Å²) in [5.74, 6) is 1.13. The Kier molecular flexibility index (Phi) is 6.94. The molecule has 0 saturated heterocycles. The van der Waals surface area contributed by atoms with Crippen molar-refractivity contribution in [2.75, 3.05) is 6.54 Å². The van der Waals surface area contributed by atoms with E-state index in [1.807, 2.05) is 36.4 Å². The fourth-order valence-electron chi connectivity index (χ4n) is 1.66. The van der Waals surface area contributed by atoms with Crippen molar-refractivity contribution in [3.8, 4) is 22.6 Å². The van der Waals surface area contributed by atoms with E-state index in [9.17, 15) is 5.11 Å². The number of benzene rings is 2. The van der Waals surface area contributed by atoms with Gasteiger partial charge in [0, 0.05) is 6.54 Å². The van der Waals surface area contributed by atoms with Gasteiger partial charge in [-0.25, -0.2) is 10.1 Å². The predicted molar refractivity (Wildman–Crippen MR) is 95.1 cm³/mol. The fourth-order valence-corrected chi connectivity index (χ4v) is 2.14. The molecule has 0 radical (unpaired) electrons. The van der Waals surface area contributed by atoms with Crippen LogP contribution >= 0.6 is 11.4 Å². The summed E-state index contributed by atoms with van der Waals surface area (Å²) in [6.07, 6.45) is 2.66. The molecule has 0 unspecified atom stereocenters. The summed E-state index contributed by atoms with van der Waals surface area (Å²) in [5.41, 5.74) is 3.43. The van der Waals surface area contributed by atoms with Crippen LogP contribution in [-0.2, 0) is 0 Å². The average molecular weight is 329 g/mol. The van der Waals surface area contributed by atoms with Crippen LogP contribution in [0.25, 0.3) is 0 Å². The average Bonchev–Trinajstić information content (AvgIpc) is 2.57. The number of para-hydroxylation sites is 1.